The largest absolute Gasteiger partial charge is 0.485 e. The number of nitrogens with one attached hydrogen (secondary N) is 1. The molecule has 1 aromatic heterocycles. The van der Waals surface area contributed by atoms with Crippen LogP contribution in [0.4, 0.5) is 0 Å². The van der Waals surface area contributed by atoms with Crippen LogP contribution in [0.1, 0.15) is 18.1 Å². The number of halogens is 1. The first-order valence-corrected chi connectivity index (χ1v) is 7.21. The van der Waals surface area contributed by atoms with E-state index in [4.69, 9.17) is 9.15 Å². The number of ether oxygens (including phenoxy) is 1. The van der Waals surface area contributed by atoms with Crippen molar-refractivity contribution in [2.24, 2.45) is 0 Å². The van der Waals surface area contributed by atoms with Gasteiger partial charge in [0.05, 0.1) is 11.6 Å². The van der Waals surface area contributed by atoms with Crippen molar-refractivity contribution in [1.82, 2.24) is 5.32 Å². The Bertz CT molecular complexity index is 696. The van der Waals surface area contributed by atoms with Gasteiger partial charge in [-0.2, -0.15) is 0 Å². The van der Waals surface area contributed by atoms with Gasteiger partial charge in [-0.25, -0.2) is 0 Å². The average molecular weight is 318 g/mol. The van der Waals surface area contributed by atoms with Crippen molar-refractivity contribution in [3.8, 4) is 5.75 Å². The van der Waals surface area contributed by atoms with Crippen LogP contribution < -0.4 is 10.1 Å². The van der Waals surface area contributed by atoms with E-state index in [2.05, 4.69) is 17.4 Å². The van der Waals surface area contributed by atoms with Gasteiger partial charge in [0.15, 0.2) is 0 Å². The number of furan rings is 1. The first-order valence-electron chi connectivity index (χ1n) is 7.21. The predicted molar refractivity (Wildman–Crippen MR) is 91.8 cm³/mol. The highest BCUT2D eigenvalue weighted by molar-refractivity contribution is 5.85. The lowest BCUT2D eigenvalue weighted by atomic mass is 10.1. The van der Waals surface area contributed by atoms with Crippen molar-refractivity contribution < 1.29 is 9.15 Å². The molecule has 3 nitrogen and oxygen atoms in total. The second-order valence-electron chi connectivity index (χ2n) is 5.00. The van der Waals surface area contributed by atoms with Crippen LogP contribution >= 0.6 is 12.4 Å². The Morgan fingerprint density at radius 1 is 1.05 bits per heavy atom. The Morgan fingerprint density at radius 2 is 1.86 bits per heavy atom. The van der Waals surface area contributed by atoms with Gasteiger partial charge in [-0.1, -0.05) is 36.4 Å². The number of rotatable bonds is 6. The minimum Gasteiger partial charge on any atom is -0.485 e. The summed E-state index contributed by atoms with van der Waals surface area (Å²) in [7, 11) is 1.96. The smallest absolute Gasteiger partial charge is 0.137 e. The minimum absolute atomic E-state index is 0. The minimum atomic E-state index is 0. The van der Waals surface area contributed by atoms with Gasteiger partial charge in [0.25, 0.3) is 0 Å². The zero-order chi connectivity index (χ0) is 14.5. The fourth-order valence-electron chi connectivity index (χ4n) is 2.46. The van der Waals surface area contributed by atoms with E-state index in [-0.39, 0.29) is 18.5 Å². The molecule has 0 spiro atoms. The summed E-state index contributed by atoms with van der Waals surface area (Å²) in [5, 5.41) is 4.20. The van der Waals surface area contributed by atoms with E-state index in [0.717, 1.165) is 29.7 Å². The van der Waals surface area contributed by atoms with E-state index in [1.54, 1.807) is 6.26 Å². The summed E-state index contributed by atoms with van der Waals surface area (Å²) in [5.74, 6) is 0.867. The third kappa shape index (κ3) is 3.62. The molecule has 0 saturated heterocycles. The van der Waals surface area contributed by atoms with Crippen LogP contribution in [0.2, 0.25) is 0 Å². The summed E-state index contributed by atoms with van der Waals surface area (Å²) in [6.45, 7) is 0.904. The molecule has 1 N–H and O–H groups in total. The van der Waals surface area contributed by atoms with Gasteiger partial charge in [0, 0.05) is 6.42 Å². The first kappa shape index (κ1) is 16.4. The van der Waals surface area contributed by atoms with E-state index in [1.807, 2.05) is 49.5 Å². The highest BCUT2D eigenvalue weighted by Crippen LogP contribution is 2.31. The number of fused-ring (bicyclic) bond motifs is 1. The van der Waals surface area contributed by atoms with Crippen LogP contribution in [0, 0.1) is 0 Å². The van der Waals surface area contributed by atoms with Crippen molar-refractivity contribution in [1.29, 1.82) is 0 Å². The van der Waals surface area contributed by atoms with Gasteiger partial charge >= 0.3 is 0 Å². The van der Waals surface area contributed by atoms with E-state index >= 15 is 0 Å². The second kappa shape index (κ2) is 7.87. The molecule has 22 heavy (non-hydrogen) atoms. The maximum Gasteiger partial charge on any atom is 0.137 e. The van der Waals surface area contributed by atoms with Gasteiger partial charge in [0.1, 0.15) is 17.4 Å². The van der Waals surface area contributed by atoms with Crippen LogP contribution in [0.15, 0.2) is 65.3 Å². The summed E-state index contributed by atoms with van der Waals surface area (Å²) in [5.41, 5.74) is 2.04. The van der Waals surface area contributed by atoms with E-state index < -0.39 is 0 Å². The quantitative estimate of drug-likeness (QED) is 0.722. The molecule has 0 bridgehead atoms. The molecule has 116 valence electrons. The van der Waals surface area contributed by atoms with Gasteiger partial charge in [-0.3, -0.25) is 0 Å². The van der Waals surface area contributed by atoms with Gasteiger partial charge < -0.3 is 14.5 Å². The molecule has 0 amide bonds. The van der Waals surface area contributed by atoms with E-state index in [0.29, 0.717) is 0 Å². The molecule has 4 heteroatoms. The Morgan fingerprint density at radius 3 is 2.64 bits per heavy atom. The predicted octanol–water partition coefficient (Wildman–Crippen LogP) is 4.58. The van der Waals surface area contributed by atoms with Gasteiger partial charge in [-0.15, -0.1) is 12.4 Å². The monoisotopic (exact) mass is 317 g/mol. The molecule has 0 aliphatic rings. The van der Waals surface area contributed by atoms with Crippen LogP contribution in [0.3, 0.4) is 0 Å². The topological polar surface area (TPSA) is 34.4 Å². The third-order valence-electron chi connectivity index (χ3n) is 3.55. The van der Waals surface area contributed by atoms with Crippen LogP contribution in [0.5, 0.6) is 5.75 Å². The average Bonchev–Trinajstić information content (AvgIpc) is 3.01. The molecule has 3 aromatic rings. The molecule has 0 saturated carbocycles. The number of benzene rings is 2. The van der Waals surface area contributed by atoms with Crippen LogP contribution in [-0.2, 0) is 0 Å². The molecule has 0 aliphatic heterocycles. The SMILES string of the molecule is CNCCC(Oc1cccc2occc12)c1ccccc1.Cl. The van der Waals surface area contributed by atoms with E-state index in [9.17, 15) is 0 Å². The standard InChI is InChI=1S/C18H19NO2.ClH/c1-19-12-10-16(14-6-3-2-4-7-14)21-18-9-5-8-17-15(18)11-13-20-17;/h2-9,11,13,16,19H,10,12H2,1H3;1H. The molecule has 1 unspecified atom stereocenters. The fourth-order valence-corrected chi connectivity index (χ4v) is 2.46. The molecular weight excluding hydrogens is 298 g/mol. The highest BCUT2D eigenvalue weighted by atomic mass is 35.5. The van der Waals surface area contributed by atoms with Gasteiger partial charge in [-0.05, 0) is 37.4 Å². The van der Waals surface area contributed by atoms with Crippen molar-refractivity contribution in [3.05, 3.63) is 66.4 Å². The summed E-state index contributed by atoms with van der Waals surface area (Å²) < 4.78 is 11.7. The van der Waals surface area contributed by atoms with Crippen molar-refractivity contribution >= 4 is 23.4 Å². The van der Waals surface area contributed by atoms with Crippen molar-refractivity contribution in [3.63, 3.8) is 0 Å². The lowest BCUT2D eigenvalue weighted by Gasteiger charge is -2.20. The molecule has 0 fully saturated rings. The maximum absolute atomic E-state index is 6.27. The summed E-state index contributed by atoms with van der Waals surface area (Å²) in [4.78, 5) is 0. The van der Waals surface area contributed by atoms with Crippen molar-refractivity contribution in [2.45, 2.75) is 12.5 Å². The molecule has 2 aromatic carbocycles. The number of hydrogen-bond donors (Lipinski definition) is 1. The lowest BCUT2D eigenvalue weighted by molar-refractivity contribution is 0.197. The summed E-state index contributed by atoms with van der Waals surface area (Å²) in [6.07, 6.45) is 2.64. The summed E-state index contributed by atoms with van der Waals surface area (Å²) in [6, 6.07) is 18.2. The zero-order valence-electron chi connectivity index (χ0n) is 12.5. The van der Waals surface area contributed by atoms with E-state index in [1.165, 1.54) is 5.56 Å². The normalized spacial score (nSPS) is 11.9. The van der Waals surface area contributed by atoms with Crippen LogP contribution in [-0.4, -0.2) is 13.6 Å². The molecule has 0 aliphatic carbocycles. The highest BCUT2D eigenvalue weighted by Gasteiger charge is 2.14. The Balaban J connectivity index is 0.00000176. The molecule has 1 atom stereocenters. The third-order valence-corrected chi connectivity index (χ3v) is 3.55. The Kier molecular flexibility index (Phi) is 5.87. The molecular formula is C18H20ClNO2. The Hall–Kier alpha value is -1.97. The van der Waals surface area contributed by atoms with Crippen molar-refractivity contribution in [2.75, 3.05) is 13.6 Å². The number of hydrogen-bond acceptors (Lipinski definition) is 3. The summed E-state index contributed by atoms with van der Waals surface area (Å²) >= 11 is 0. The van der Waals surface area contributed by atoms with Gasteiger partial charge in [0.2, 0.25) is 0 Å². The molecule has 1 heterocycles. The zero-order valence-corrected chi connectivity index (χ0v) is 13.3. The fraction of sp³-hybridized carbons (Fsp3) is 0.222. The lowest BCUT2D eigenvalue weighted by Crippen LogP contribution is -2.16. The molecule has 3 rings (SSSR count). The maximum atomic E-state index is 6.27. The second-order valence-corrected chi connectivity index (χ2v) is 5.00. The van der Waals surface area contributed by atoms with Crippen LogP contribution in [0.25, 0.3) is 11.0 Å². The first-order chi connectivity index (χ1) is 10.4. The Labute approximate surface area is 136 Å². The molecule has 0 radical (unpaired) electrons.